The lowest BCUT2D eigenvalue weighted by atomic mass is 9.72. The fourth-order valence-corrected chi connectivity index (χ4v) is 3.73. The van der Waals surface area contributed by atoms with E-state index in [-0.39, 0.29) is 18.1 Å². The van der Waals surface area contributed by atoms with E-state index in [1.165, 1.54) is 6.42 Å². The van der Waals surface area contributed by atoms with Crippen LogP contribution in [0.3, 0.4) is 0 Å². The Hall–Kier alpha value is -0.680. The molecule has 0 aromatic rings. The molecular weight excluding hydrogens is 260 g/mol. The maximum Gasteiger partial charge on any atom is 0.235 e. The molecule has 2 N–H and O–H groups in total. The molecule has 0 bridgehead atoms. The van der Waals surface area contributed by atoms with Gasteiger partial charge in [0.25, 0.3) is 0 Å². The number of likely N-dealkylation sites (N-methyl/N-ethyl adjacent to an activating group) is 1. The molecule has 2 aliphatic rings. The Morgan fingerprint density at radius 1 is 1.37 bits per heavy atom. The molecule has 108 valence electrons. The smallest absolute Gasteiger partial charge is 0.235 e. The summed E-state index contributed by atoms with van der Waals surface area (Å²) in [6.07, 6.45) is 5.84. The number of hydrogen-bond acceptors (Lipinski definition) is 3. The first-order chi connectivity index (χ1) is 8.99. The van der Waals surface area contributed by atoms with Crippen LogP contribution in [0.5, 0.6) is 0 Å². The number of nitrogens with zero attached hydrogens (tertiary/aromatic N) is 1. The molecule has 0 aromatic carbocycles. The van der Waals surface area contributed by atoms with Crippen LogP contribution in [0.1, 0.15) is 45.4 Å². The summed E-state index contributed by atoms with van der Waals surface area (Å²) in [5.74, 6) is 0.0991. The van der Waals surface area contributed by atoms with Gasteiger partial charge >= 0.3 is 0 Å². The minimum atomic E-state index is -0.607. The van der Waals surface area contributed by atoms with Crippen molar-refractivity contribution in [3.8, 4) is 0 Å². The molecule has 2 rings (SSSR count). The van der Waals surface area contributed by atoms with E-state index in [1.54, 1.807) is 0 Å². The SMILES string of the molecule is CC1OCCC1N(C)C(=O)C1(C(N)=S)CCCCC1. The van der Waals surface area contributed by atoms with Crippen LogP contribution >= 0.6 is 12.2 Å². The first kappa shape index (κ1) is 14.7. The standard InChI is InChI=1S/C14H24N2O2S/c1-10-11(6-9-18-10)16(2)13(17)14(12(15)19)7-4-3-5-8-14/h10-11H,3-9H2,1-2H3,(H2,15,19). The molecule has 1 aliphatic heterocycles. The Morgan fingerprint density at radius 3 is 2.47 bits per heavy atom. The van der Waals surface area contributed by atoms with Gasteiger partial charge in [-0.2, -0.15) is 0 Å². The molecule has 19 heavy (non-hydrogen) atoms. The van der Waals surface area contributed by atoms with Crippen LogP contribution in [0.15, 0.2) is 0 Å². The third kappa shape index (κ3) is 2.63. The molecule has 2 fully saturated rings. The normalized spacial score (nSPS) is 30.0. The zero-order valence-corrected chi connectivity index (χ0v) is 12.7. The highest BCUT2D eigenvalue weighted by Gasteiger charge is 2.46. The Morgan fingerprint density at radius 2 is 2.00 bits per heavy atom. The van der Waals surface area contributed by atoms with Gasteiger partial charge in [-0.15, -0.1) is 0 Å². The fraction of sp³-hybridized carbons (Fsp3) is 0.857. The molecule has 0 aromatic heterocycles. The number of thiocarbonyl (C=S) groups is 1. The van der Waals surface area contributed by atoms with Gasteiger partial charge in [-0.1, -0.05) is 31.5 Å². The number of carbonyl (C=O) groups excluding carboxylic acids is 1. The van der Waals surface area contributed by atoms with Crippen molar-refractivity contribution in [2.75, 3.05) is 13.7 Å². The Kier molecular flexibility index (Phi) is 4.46. The number of amides is 1. The number of carbonyl (C=O) groups is 1. The molecule has 1 aliphatic carbocycles. The first-order valence-corrected chi connectivity index (χ1v) is 7.58. The molecule has 1 amide bonds. The second kappa shape index (κ2) is 5.75. The monoisotopic (exact) mass is 284 g/mol. The van der Waals surface area contributed by atoms with E-state index in [2.05, 4.69) is 0 Å². The summed E-state index contributed by atoms with van der Waals surface area (Å²) in [4.78, 5) is 15.1. The first-order valence-electron chi connectivity index (χ1n) is 7.18. The van der Waals surface area contributed by atoms with E-state index < -0.39 is 5.41 Å². The molecule has 1 saturated carbocycles. The molecule has 5 heteroatoms. The lowest BCUT2D eigenvalue weighted by Gasteiger charge is -2.40. The topological polar surface area (TPSA) is 55.6 Å². The number of nitrogens with two attached hydrogens (primary N) is 1. The van der Waals surface area contributed by atoms with Crippen molar-refractivity contribution < 1.29 is 9.53 Å². The predicted molar refractivity (Wildman–Crippen MR) is 78.9 cm³/mol. The second-order valence-electron chi connectivity index (χ2n) is 5.86. The van der Waals surface area contributed by atoms with Gasteiger partial charge in [-0.3, -0.25) is 4.79 Å². The molecule has 0 radical (unpaired) electrons. The van der Waals surface area contributed by atoms with Crippen LogP contribution in [0.2, 0.25) is 0 Å². The number of ether oxygens (including phenoxy) is 1. The van der Waals surface area contributed by atoms with Gasteiger partial charge in [0.15, 0.2) is 0 Å². The van der Waals surface area contributed by atoms with E-state index >= 15 is 0 Å². The van der Waals surface area contributed by atoms with Crippen molar-refractivity contribution in [3.63, 3.8) is 0 Å². The van der Waals surface area contributed by atoms with Crippen molar-refractivity contribution >= 4 is 23.1 Å². The van der Waals surface area contributed by atoms with Gasteiger partial charge in [0.2, 0.25) is 5.91 Å². The fourth-order valence-electron chi connectivity index (χ4n) is 3.44. The third-order valence-corrected chi connectivity index (χ3v) is 5.13. The Balaban J connectivity index is 2.17. The van der Waals surface area contributed by atoms with Gasteiger partial charge < -0.3 is 15.4 Å². The van der Waals surface area contributed by atoms with Crippen LogP contribution < -0.4 is 5.73 Å². The van der Waals surface area contributed by atoms with Crippen LogP contribution in [0.4, 0.5) is 0 Å². The highest BCUT2D eigenvalue weighted by atomic mass is 32.1. The van der Waals surface area contributed by atoms with E-state index in [1.807, 2.05) is 18.9 Å². The highest BCUT2D eigenvalue weighted by Crippen LogP contribution is 2.39. The maximum absolute atomic E-state index is 12.9. The molecular formula is C14H24N2O2S. The van der Waals surface area contributed by atoms with E-state index in [0.29, 0.717) is 4.99 Å². The average Bonchev–Trinajstić information content (AvgIpc) is 2.84. The van der Waals surface area contributed by atoms with Crippen molar-refractivity contribution in [3.05, 3.63) is 0 Å². The van der Waals surface area contributed by atoms with Crippen LogP contribution in [-0.2, 0) is 9.53 Å². The van der Waals surface area contributed by atoms with E-state index in [0.717, 1.165) is 38.7 Å². The van der Waals surface area contributed by atoms with E-state index in [4.69, 9.17) is 22.7 Å². The summed E-state index contributed by atoms with van der Waals surface area (Å²) in [6.45, 7) is 2.75. The average molecular weight is 284 g/mol. The van der Waals surface area contributed by atoms with Crippen molar-refractivity contribution in [1.29, 1.82) is 0 Å². The van der Waals surface area contributed by atoms with Gasteiger partial charge in [0.1, 0.15) is 0 Å². The second-order valence-corrected chi connectivity index (χ2v) is 6.29. The lowest BCUT2D eigenvalue weighted by molar-refractivity contribution is -0.141. The quantitative estimate of drug-likeness (QED) is 0.804. The summed E-state index contributed by atoms with van der Waals surface area (Å²) < 4.78 is 5.56. The third-order valence-electron chi connectivity index (χ3n) is 4.74. The summed E-state index contributed by atoms with van der Waals surface area (Å²) in [6, 6.07) is 0.153. The van der Waals surface area contributed by atoms with Gasteiger partial charge in [0.05, 0.1) is 22.5 Å². The van der Waals surface area contributed by atoms with E-state index in [9.17, 15) is 4.79 Å². The minimum Gasteiger partial charge on any atom is -0.392 e. The molecule has 2 atom stereocenters. The zero-order valence-electron chi connectivity index (χ0n) is 11.9. The van der Waals surface area contributed by atoms with Gasteiger partial charge in [-0.05, 0) is 26.2 Å². The molecule has 4 nitrogen and oxygen atoms in total. The summed E-state index contributed by atoms with van der Waals surface area (Å²) >= 11 is 5.23. The molecule has 0 spiro atoms. The molecule has 2 unspecified atom stereocenters. The Labute approximate surface area is 120 Å². The predicted octanol–water partition coefficient (Wildman–Crippen LogP) is 1.86. The largest absolute Gasteiger partial charge is 0.392 e. The summed E-state index contributed by atoms with van der Waals surface area (Å²) in [7, 11) is 1.87. The van der Waals surface area contributed by atoms with Crippen molar-refractivity contribution in [2.45, 2.75) is 57.6 Å². The van der Waals surface area contributed by atoms with Gasteiger partial charge in [-0.25, -0.2) is 0 Å². The van der Waals surface area contributed by atoms with Crippen LogP contribution in [-0.4, -0.2) is 41.6 Å². The van der Waals surface area contributed by atoms with Crippen molar-refractivity contribution in [2.24, 2.45) is 11.1 Å². The summed E-state index contributed by atoms with van der Waals surface area (Å²) in [5, 5.41) is 0. The molecule has 1 saturated heterocycles. The van der Waals surface area contributed by atoms with Crippen LogP contribution in [0, 0.1) is 5.41 Å². The highest BCUT2D eigenvalue weighted by molar-refractivity contribution is 7.80. The maximum atomic E-state index is 12.9. The molecule has 1 heterocycles. The van der Waals surface area contributed by atoms with Crippen LogP contribution in [0.25, 0.3) is 0 Å². The Bertz CT molecular complexity index is 366. The van der Waals surface area contributed by atoms with Gasteiger partial charge in [0, 0.05) is 13.7 Å². The van der Waals surface area contributed by atoms with Crippen molar-refractivity contribution in [1.82, 2.24) is 4.90 Å². The number of hydrogen-bond donors (Lipinski definition) is 1. The summed E-state index contributed by atoms with van der Waals surface area (Å²) in [5.41, 5.74) is 5.32. The zero-order chi connectivity index (χ0) is 14.0. The minimum absolute atomic E-state index is 0.0981. The lowest BCUT2D eigenvalue weighted by Crippen LogP contribution is -2.54. The number of rotatable bonds is 3.